The summed E-state index contributed by atoms with van der Waals surface area (Å²) >= 11 is 0. The second kappa shape index (κ2) is 12.5. The highest BCUT2D eigenvalue weighted by atomic mass is 16.1. The molecule has 5 nitrogen and oxygen atoms in total. The van der Waals surface area contributed by atoms with E-state index in [0.717, 1.165) is 31.3 Å². The van der Waals surface area contributed by atoms with Gasteiger partial charge in [-0.1, -0.05) is 33.6 Å². The van der Waals surface area contributed by atoms with E-state index in [2.05, 4.69) is 41.7 Å². The minimum absolute atomic E-state index is 0.0878. The molecule has 0 radical (unpaired) electrons. The van der Waals surface area contributed by atoms with Crippen LogP contribution in [0.15, 0.2) is 4.99 Å². The number of hydrogen-bond donors (Lipinski definition) is 3. The Morgan fingerprint density at radius 2 is 1.81 bits per heavy atom. The molecule has 3 N–H and O–H groups in total. The molecule has 0 rings (SSSR count). The molecule has 1 atom stereocenters. The van der Waals surface area contributed by atoms with Gasteiger partial charge in [0, 0.05) is 32.6 Å². The maximum absolute atomic E-state index is 11.5. The highest BCUT2D eigenvalue weighted by Gasteiger charge is 2.06. The summed E-state index contributed by atoms with van der Waals surface area (Å²) in [7, 11) is 1.76. The van der Waals surface area contributed by atoms with Crippen LogP contribution in [-0.4, -0.2) is 38.0 Å². The summed E-state index contributed by atoms with van der Waals surface area (Å²) in [4.78, 5) is 15.7. The first-order valence-electron chi connectivity index (χ1n) is 8.23. The molecule has 0 spiro atoms. The number of nitrogens with one attached hydrogen (secondary N) is 3. The van der Waals surface area contributed by atoms with Gasteiger partial charge in [0.1, 0.15) is 0 Å². The van der Waals surface area contributed by atoms with Gasteiger partial charge in [-0.15, -0.1) is 0 Å². The molecule has 0 aliphatic heterocycles. The van der Waals surface area contributed by atoms with Gasteiger partial charge in [0.2, 0.25) is 5.91 Å². The molecular formula is C16H34N4O. The third-order valence-electron chi connectivity index (χ3n) is 3.24. The Balaban J connectivity index is 3.82. The summed E-state index contributed by atoms with van der Waals surface area (Å²) < 4.78 is 0. The largest absolute Gasteiger partial charge is 0.356 e. The summed E-state index contributed by atoms with van der Waals surface area (Å²) in [5, 5.41) is 9.41. The van der Waals surface area contributed by atoms with Crippen LogP contribution in [0.4, 0.5) is 0 Å². The van der Waals surface area contributed by atoms with Crippen molar-refractivity contribution in [1.82, 2.24) is 16.0 Å². The molecule has 0 aromatic rings. The van der Waals surface area contributed by atoms with Crippen LogP contribution >= 0.6 is 0 Å². The lowest BCUT2D eigenvalue weighted by atomic mass is 10.0. The van der Waals surface area contributed by atoms with Crippen LogP contribution in [0, 0.1) is 5.92 Å². The van der Waals surface area contributed by atoms with Crippen molar-refractivity contribution in [3.63, 3.8) is 0 Å². The van der Waals surface area contributed by atoms with Gasteiger partial charge >= 0.3 is 0 Å². The zero-order valence-corrected chi connectivity index (χ0v) is 14.5. The standard InChI is InChI=1S/C16H34N4O/c1-6-11-18-15(21)10-12-19-16(17-5)20-14(4)9-7-8-13(2)3/h13-14H,6-12H2,1-5H3,(H,18,21)(H2,17,19,20). The summed E-state index contributed by atoms with van der Waals surface area (Å²) in [6.07, 6.45) is 5.06. The van der Waals surface area contributed by atoms with E-state index in [9.17, 15) is 4.79 Å². The molecule has 5 heteroatoms. The van der Waals surface area contributed by atoms with Crippen LogP contribution < -0.4 is 16.0 Å². The lowest BCUT2D eigenvalue weighted by Gasteiger charge is -2.18. The molecule has 0 aromatic heterocycles. The molecular weight excluding hydrogens is 264 g/mol. The van der Waals surface area contributed by atoms with Crippen molar-refractivity contribution < 1.29 is 4.79 Å². The zero-order valence-electron chi connectivity index (χ0n) is 14.5. The van der Waals surface area contributed by atoms with Gasteiger partial charge in [-0.05, 0) is 25.7 Å². The first-order valence-corrected chi connectivity index (χ1v) is 8.23. The summed E-state index contributed by atoms with van der Waals surface area (Å²) in [6.45, 7) is 10.1. The minimum atomic E-state index is 0.0878. The predicted octanol–water partition coefficient (Wildman–Crippen LogP) is 2.28. The molecule has 21 heavy (non-hydrogen) atoms. The molecule has 0 fully saturated rings. The number of carbonyl (C=O) groups excluding carboxylic acids is 1. The van der Waals surface area contributed by atoms with Crippen molar-refractivity contribution in [1.29, 1.82) is 0 Å². The molecule has 1 amide bonds. The number of guanidine groups is 1. The number of aliphatic imine (C=N–C) groups is 1. The molecule has 0 bridgehead atoms. The fourth-order valence-electron chi connectivity index (χ4n) is 1.98. The van der Waals surface area contributed by atoms with E-state index in [-0.39, 0.29) is 5.91 Å². The van der Waals surface area contributed by atoms with Crippen molar-refractivity contribution in [3.05, 3.63) is 0 Å². The third-order valence-corrected chi connectivity index (χ3v) is 3.24. The zero-order chi connectivity index (χ0) is 16.1. The van der Waals surface area contributed by atoms with Gasteiger partial charge in [-0.25, -0.2) is 0 Å². The van der Waals surface area contributed by atoms with Crippen LogP contribution in [0.3, 0.4) is 0 Å². The lowest BCUT2D eigenvalue weighted by molar-refractivity contribution is -0.120. The highest BCUT2D eigenvalue weighted by Crippen LogP contribution is 2.07. The molecule has 0 saturated carbocycles. The highest BCUT2D eigenvalue weighted by molar-refractivity contribution is 5.81. The Hall–Kier alpha value is -1.26. The Bertz CT molecular complexity index is 303. The van der Waals surface area contributed by atoms with Crippen LogP contribution in [0.2, 0.25) is 0 Å². The van der Waals surface area contributed by atoms with Crippen molar-refractivity contribution in [3.8, 4) is 0 Å². The van der Waals surface area contributed by atoms with E-state index in [1.165, 1.54) is 12.8 Å². The molecule has 124 valence electrons. The summed E-state index contributed by atoms with van der Waals surface area (Å²) in [6, 6.07) is 0.392. The monoisotopic (exact) mass is 298 g/mol. The van der Waals surface area contributed by atoms with E-state index in [0.29, 0.717) is 19.0 Å². The first-order chi connectivity index (χ1) is 9.99. The fourth-order valence-corrected chi connectivity index (χ4v) is 1.98. The molecule has 0 heterocycles. The van der Waals surface area contributed by atoms with Crippen molar-refractivity contribution in [2.24, 2.45) is 10.9 Å². The Morgan fingerprint density at radius 1 is 1.10 bits per heavy atom. The summed E-state index contributed by atoms with van der Waals surface area (Å²) in [5.74, 6) is 1.62. The minimum Gasteiger partial charge on any atom is -0.356 e. The van der Waals surface area contributed by atoms with Gasteiger partial charge in [0.05, 0.1) is 0 Å². The van der Waals surface area contributed by atoms with Gasteiger partial charge in [0.25, 0.3) is 0 Å². The number of nitrogens with zero attached hydrogens (tertiary/aromatic N) is 1. The maximum Gasteiger partial charge on any atom is 0.221 e. The van der Waals surface area contributed by atoms with Gasteiger partial charge in [-0.3, -0.25) is 9.79 Å². The molecule has 1 unspecified atom stereocenters. The fraction of sp³-hybridized carbons (Fsp3) is 0.875. The van der Waals surface area contributed by atoms with Crippen molar-refractivity contribution in [2.45, 2.75) is 65.8 Å². The number of rotatable bonds is 10. The van der Waals surface area contributed by atoms with Crippen molar-refractivity contribution >= 4 is 11.9 Å². The van der Waals surface area contributed by atoms with Crippen LogP contribution in [0.25, 0.3) is 0 Å². The smallest absolute Gasteiger partial charge is 0.221 e. The quantitative estimate of drug-likeness (QED) is 0.428. The maximum atomic E-state index is 11.5. The Kier molecular flexibility index (Phi) is 11.7. The lowest BCUT2D eigenvalue weighted by Crippen LogP contribution is -2.43. The van der Waals surface area contributed by atoms with E-state index in [4.69, 9.17) is 0 Å². The second-order valence-electron chi connectivity index (χ2n) is 5.97. The van der Waals surface area contributed by atoms with E-state index >= 15 is 0 Å². The van der Waals surface area contributed by atoms with E-state index in [1.54, 1.807) is 7.05 Å². The second-order valence-corrected chi connectivity index (χ2v) is 5.97. The van der Waals surface area contributed by atoms with Gasteiger partial charge in [0.15, 0.2) is 5.96 Å². The Morgan fingerprint density at radius 3 is 2.38 bits per heavy atom. The molecule has 0 aliphatic carbocycles. The van der Waals surface area contributed by atoms with Crippen LogP contribution in [-0.2, 0) is 4.79 Å². The topological polar surface area (TPSA) is 65.5 Å². The van der Waals surface area contributed by atoms with Gasteiger partial charge < -0.3 is 16.0 Å². The SMILES string of the molecule is CCCNC(=O)CCNC(=NC)NC(C)CCCC(C)C. The third kappa shape index (κ3) is 12.2. The van der Waals surface area contributed by atoms with E-state index < -0.39 is 0 Å². The number of amides is 1. The van der Waals surface area contributed by atoms with Crippen LogP contribution in [0.1, 0.15) is 59.8 Å². The predicted molar refractivity (Wildman–Crippen MR) is 90.6 cm³/mol. The number of carbonyl (C=O) groups is 1. The molecule has 0 aliphatic rings. The first kappa shape index (κ1) is 19.7. The summed E-state index contributed by atoms with van der Waals surface area (Å²) in [5.41, 5.74) is 0. The van der Waals surface area contributed by atoms with Crippen LogP contribution in [0.5, 0.6) is 0 Å². The molecule has 0 aromatic carbocycles. The average Bonchev–Trinajstić information content (AvgIpc) is 2.43. The normalized spacial score (nSPS) is 13.1. The Labute approximate surface area is 130 Å². The molecule has 0 saturated heterocycles. The van der Waals surface area contributed by atoms with Gasteiger partial charge in [-0.2, -0.15) is 0 Å². The van der Waals surface area contributed by atoms with E-state index in [1.807, 2.05) is 6.92 Å². The number of hydrogen-bond acceptors (Lipinski definition) is 2. The average molecular weight is 298 g/mol. The van der Waals surface area contributed by atoms with Crippen molar-refractivity contribution in [2.75, 3.05) is 20.1 Å².